The Labute approximate surface area is 192 Å². The Hall–Kier alpha value is -4.14. The highest BCUT2D eigenvalue weighted by molar-refractivity contribution is 5.66. The summed E-state index contributed by atoms with van der Waals surface area (Å²) >= 11 is 0. The Kier molecular flexibility index (Phi) is 5.75. The lowest BCUT2D eigenvalue weighted by molar-refractivity contribution is 0.290. The minimum Gasteiger partial charge on any atom is -0.473 e. The quantitative estimate of drug-likeness (QED) is 0.402. The van der Waals surface area contributed by atoms with E-state index in [2.05, 4.69) is 9.97 Å². The summed E-state index contributed by atoms with van der Waals surface area (Å²) in [4.78, 5) is 20.4. The van der Waals surface area contributed by atoms with Crippen molar-refractivity contribution in [1.29, 1.82) is 0 Å². The van der Waals surface area contributed by atoms with Crippen LogP contribution in [0.2, 0.25) is 0 Å². The molecule has 0 N–H and O–H groups in total. The van der Waals surface area contributed by atoms with Crippen LogP contribution in [0.4, 0.5) is 13.2 Å². The van der Waals surface area contributed by atoms with Crippen LogP contribution in [-0.4, -0.2) is 14.5 Å². The van der Waals surface area contributed by atoms with Gasteiger partial charge in [0.15, 0.2) is 11.6 Å². The molecule has 0 radical (unpaired) electrons. The number of fused-ring (bicyclic) bond motifs is 3. The molecule has 0 unspecified atom stereocenters. The third-order valence-electron chi connectivity index (χ3n) is 5.45. The molecule has 172 valence electrons. The molecule has 2 aromatic carbocycles. The largest absolute Gasteiger partial charge is 0.473 e. The number of rotatable bonds is 6. The van der Waals surface area contributed by atoms with Crippen LogP contribution in [0.25, 0.3) is 11.3 Å². The molecule has 4 aromatic rings. The predicted molar refractivity (Wildman–Crippen MR) is 117 cm³/mol. The molecular weight excluding hydrogens is 447 g/mol. The SMILES string of the molecule is O=c1nc(OCc2ccc(Oc3cccc(CF)n3)c(F)c2)cc2n1CCc1cc(F)ccc1-2. The summed E-state index contributed by atoms with van der Waals surface area (Å²) in [5.41, 5.74) is 2.34. The van der Waals surface area contributed by atoms with E-state index in [4.69, 9.17) is 9.47 Å². The van der Waals surface area contributed by atoms with Gasteiger partial charge in [-0.3, -0.25) is 4.57 Å². The first kappa shape index (κ1) is 21.7. The second-order valence-corrected chi connectivity index (χ2v) is 7.72. The van der Waals surface area contributed by atoms with Crippen LogP contribution >= 0.6 is 0 Å². The van der Waals surface area contributed by atoms with E-state index < -0.39 is 18.2 Å². The fourth-order valence-corrected chi connectivity index (χ4v) is 3.82. The zero-order valence-electron chi connectivity index (χ0n) is 17.8. The molecular formula is C25H18F3N3O3. The molecule has 0 saturated carbocycles. The van der Waals surface area contributed by atoms with E-state index in [0.29, 0.717) is 24.2 Å². The van der Waals surface area contributed by atoms with Crippen LogP contribution in [-0.2, 0) is 26.2 Å². The minimum atomic E-state index is -0.751. The molecule has 3 heterocycles. The molecule has 0 fully saturated rings. The maximum Gasteiger partial charge on any atom is 0.351 e. The Morgan fingerprint density at radius 2 is 1.85 bits per heavy atom. The van der Waals surface area contributed by atoms with Crippen molar-refractivity contribution in [2.24, 2.45) is 0 Å². The number of aryl methyl sites for hydroxylation is 1. The number of ether oxygens (including phenoxy) is 2. The lowest BCUT2D eigenvalue weighted by Gasteiger charge is -2.21. The van der Waals surface area contributed by atoms with Crippen LogP contribution in [0.15, 0.2) is 65.5 Å². The highest BCUT2D eigenvalue weighted by Gasteiger charge is 2.19. The number of hydrogen-bond acceptors (Lipinski definition) is 5. The number of alkyl halides is 1. The Balaban J connectivity index is 1.33. The van der Waals surface area contributed by atoms with Gasteiger partial charge in [0.2, 0.25) is 11.8 Å². The zero-order chi connectivity index (χ0) is 23.7. The van der Waals surface area contributed by atoms with E-state index in [1.54, 1.807) is 24.3 Å². The molecule has 1 aliphatic rings. The predicted octanol–water partition coefficient (Wildman–Crippen LogP) is 4.98. The number of aromatic nitrogens is 3. The van der Waals surface area contributed by atoms with Crippen LogP contribution < -0.4 is 15.2 Å². The highest BCUT2D eigenvalue weighted by Crippen LogP contribution is 2.30. The molecule has 0 aliphatic carbocycles. The van der Waals surface area contributed by atoms with Crippen molar-refractivity contribution in [3.05, 3.63) is 99.6 Å². The van der Waals surface area contributed by atoms with E-state index in [-0.39, 0.29) is 35.6 Å². The monoisotopic (exact) mass is 465 g/mol. The van der Waals surface area contributed by atoms with Crippen molar-refractivity contribution in [3.63, 3.8) is 0 Å². The second-order valence-electron chi connectivity index (χ2n) is 7.72. The first-order valence-electron chi connectivity index (χ1n) is 10.5. The number of hydrogen-bond donors (Lipinski definition) is 0. The molecule has 0 spiro atoms. The van der Waals surface area contributed by atoms with Gasteiger partial charge in [0, 0.05) is 24.2 Å². The van der Waals surface area contributed by atoms with Crippen molar-refractivity contribution >= 4 is 0 Å². The molecule has 0 atom stereocenters. The number of halogens is 3. The summed E-state index contributed by atoms with van der Waals surface area (Å²) < 4.78 is 53.5. The van der Waals surface area contributed by atoms with Gasteiger partial charge in [0.1, 0.15) is 19.1 Å². The molecule has 2 aromatic heterocycles. The van der Waals surface area contributed by atoms with E-state index in [1.165, 1.54) is 41.0 Å². The standard InChI is InChI=1S/C25H18F3N3O3/c26-13-18-2-1-3-23(29-18)34-22-7-4-15(10-20(22)28)14-33-24-12-21-19-6-5-17(27)11-16(19)8-9-31(21)25(32)30-24/h1-7,10-12H,8-9,13-14H2. The van der Waals surface area contributed by atoms with Gasteiger partial charge in [-0.2, -0.15) is 4.98 Å². The topological polar surface area (TPSA) is 66.2 Å². The highest BCUT2D eigenvalue weighted by atomic mass is 19.1. The number of pyridine rings is 1. The van der Waals surface area contributed by atoms with Gasteiger partial charge in [-0.15, -0.1) is 0 Å². The van der Waals surface area contributed by atoms with Gasteiger partial charge < -0.3 is 9.47 Å². The summed E-state index contributed by atoms with van der Waals surface area (Å²) in [7, 11) is 0. The summed E-state index contributed by atoms with van der Waals surface area (Å²) in [6.07, 6.45) is 0.531. The van der Waals surface area contributed by atoms with Crippen molar-refractivity contribution in [3.8, 4) is 28.8 Å². The Morgan fingerprint density at radius 1 is 0.971 bits per heavy atom. The normalized spacial score (nSPS) is 12.1. The van der Waals surface area contributed by atoms with Gasteiger partial charge in [-0.1, -0.05) is 12.1 Å². The average Bonchev–Trinajstić information content (AvgIpc) is 2.84. The van der Waals surface area contributed by atoms with Gasteiger partial charge >= 0.3 is 5.69 Å². The Bertz CT molecular complexity index is 1440. The molecule has 6 nitrogen and oxygen atoms in total. The van der Waals surface area contributed by atoms with Crippen LogP contribution in [0, 0.1) is 11.6 Å². The van der Waals surface area contributed by atoms with Gasteiger partial charge in [-0.05, 0) is 53.9 Å². The van der Waals surface area contributed by atoms with E-state index in [1.807, 2.05) is 0 Å². The lowest BCUT2D eigenvalue weighted by atomic mass is 9.98. The molecule has 9 heteroatoms. The van der Waals surface area contributed by atoms with Crippen molar-refractivity contribution in [1.82, 2.24) is 14.5 Å². The lowest BCUT2D eigenvalue weighted by Crippen LogP contribution is -2.28. The maximum absolute atomic E-state index is 14.5. The van der Waals surface area contributed by atoms with Crippen LogP contribution in [0.1, 0.15) is 16.8 Å². The fraction of sp³-hybridized carbons (Fsp3) is 0.160. The van der Waals surface area contributed by atoms with Crippen molar-refractivity contribution in [2.45, 2.75) is 26.2 Å². The van der Waals surface area contributed by atoms with Crippen molar-refractivity contribution in [2.75, 3.05) is 0 Å². The Morgan fingerprint density at radius 3 is 2.68 bits per heavy atom. The first-order chi connectivity index (χ1) is 16.5. The van der Waals surface area contributed by atoms with Gasteiger partial charge in [-0.25, -0.2) is 22.9 Å². The second kappa shape index (κ2) is 9.01. The maximum atomic E-state index is 14.5. The van der Waals surface area contributed by atoms with Crippen LogP contribution in [0.5, 0.6) is 17.5 Å². The smallest absolute Gasteiger partial charge is 0.351 e. The summed E-state index contributed by atoms with van der Waals surface area (Å²) in [6.45, 7) is -0.397. The molecule has 34 heavy (non-hydrogen) atoms. The van der Waals surface area contributed by atoms with E-state index in [9.17, 15) is 18.0 Å². The number of benzene rings is 2. The van der Waals surface area contributed by atoms with Gasteiger partial charge in [0.05, 0.1) is 11.4 Å². The van der Waals surface area contributed by atoms with Gasteiger partial charge in [0.25, 0.3) is 0 Å². The molecule has 0 amide bonds. The average molecular weight is 465 g/mol. The van der Waals surface area contributed by atoms with E-state index in [0.717, 1.165) is 11.1 Å². The van der Waals surface area contributed by atoms with Crippen LogP contribution in [0.3, 0.4) is 0 Å². The molecule has 1 aliphatic heterocycles. The third-order valence-corrected chi connectivity index (χ3v) is 5.45. The number of nitrogens with zero attached hydrogens (tertiary/aromatic N) is 3. The third kappa shape index (κ3) is 4.36. The fourth-order valence-electron chi connectivity index (χ4n) is 3.82. The molecule has 5 rings (SSSR count). The van der Waals surface area contributed by atoms with E-state index >= 15 is 0 Å². The summed E-state index contributed by atoms with van der Waals surface area (Å²) in [6, 6.07) is 14.9. The minimum absolute atomic E-state index is 0.0427. The zero-order valence-corrected chi connectivity index (χ0v) is 17.8. The molecule has 0 bridgehead atoms. The van der Waals surface area contributed by atoms with Crippen molar-refractivity contribution < 1.29 is 22.6 Å². The summed E-state index contributed by atoms with van der Waals surface area (Å²) in [5.74, 6) is -0.886. The first-order valence-corrected chi connectivity index (χ1v) is 10.5. The molecule has 0 saturated heterocycles. The summed E-state index contributed by atoms with van der Waals surface area (Å²) in [5, 5.41) is 0.